The third-order valence-corrected chi connectivity index (χ3v) is 12.7. The van der Waals surface area contributed by atoms with Crippen LogP contribution >= 0.6 is 8.53 Å². The Morgan fingerprint density at radius 2 is 1.44 bits per heavy atom. The summed E-state index contributed by atoms with van der Waals surface area (Å²) in [5, 5.41) is 12.2. The van der Waals surface area contributed by atoms with Gasteiger partial charge in [0, 0.05) is 25.2 Å². The number of carbonyl (C=O) groups excluding carboxylic acids is 1. The van der Waals surface area contributed by atoms with Crippen molar-refractivity contribution in [3.05, 3.63) is 118 Å². The minimum Gasteiger partial charge on any atom is -0.497 e. The summed E-state index contributed by atoms with van der Waals surface area (Å²) in [6.07, 6.45) is -1.42. The van der Waals surface area contributed by atoms with Crippen molar-refractivity contribution in [3.63, 3.8) is 0 Å². The fourth-order valence-corrected chi connectivity index (χ4v) is 10.3. The van der Waals surface area contributed by atoms with Crippen molar-refractivity contribution in [2.75, 3.05) is 32.8 Å². The summed E-state index contributed by atoms with van der Waals surface area (Å²) in [6, 6.07) is 29.2. The molecule has 1 amide bonds. The number of nitrogens with one attached hydrogen (secondary N) is 1. The molecule has 1 aliphatic heterocycles. The van der Waals surface area contributed by atoms with Crippen molar-refractivity contribution in [1.82, 2.24) is 14.2 Å². The topological polar surface area (TPSA) is 156 Å². The van der Waals surface area contributed by atoms with Crippen LogP contribution in [0.5, 0.6) is 11.5 Å². The van der Waals surface area contributed by atoms with Crippen molar-refractivity contribution in [3.8, 4) is 17.6 Å². The molecule has 1 saturated heterocycles. The Morgan fingerprint density at radius 1 is 0.875 bits per heavy atom. The Balaban J connectivity index is 1.74. The maximum absolute atomic E-state index is 14.0. The van der Waals surface area contributed by atoms with Gasteiger partial charge in [-0.2, -0.15) is 10.2 Å². The predicted molar refractivity (Wildman–Crippen MR) is 248 cm³/mol. The molecule has 0 aliphatic carbocycles. The molecule has 0 saturated carbocycles. The summed E-state index contributed by atoms with van der Waals surface area (Å²) in [4.78, 5) is 30.2. The second kappa shape index (κ2) is 22.0. The van der Waals surface area contributed by atoms with Crippen molar-refractivity contribution in [2.24, 2.45) is 5.41 Å². The van der Waals surface area contributed by atoms with Crippen molar-refractivity contribution >= 4 is 20.3 Å². The minimum atomic E-state index is -1.85. The van der Waals surface area contributed by atoms with E-state index in [1.165, 1.54) is 11.5 Å². The molecule has 15 heteroatoms. The largest absolute Gasteiger partial charge is 0.497 e. The van der Waals surface area contributed by atoms with Crippen LogP contribution in [0.3, 0.4) is 0 Å². The molecule has 1 N–H and O–H groups in total. The fraction of sp³-hybridized carbons (Fsp3) is 0.510. The lowest BCUT2D eigenvalue weighted by Gasteiger charge is -2.41. The van der Waals surface area contributed by atoms with E-state index in [1.807, 2.05) is 92.7 Å². The van der Waals surface area contributed by atoms with Gasteiger partial charge in [-0.25, -0.2) is 9.46 Å². The molecule has 1 aliphatic rings. The van der Waals surface area contributed by atoms with Gasteiger partial charge in [-0.05, 0) is 100 Å². The van der Waals surface area contributed by atoms with Gasteiger partial charge < -0.3 is 38.0 Å². The number of hydrogen-bond donors (Lipinski definition) is 1. The summed E-state index contributed by atoms with van der Waals surface area (Å²) >= 11 is 0. The smallest absolute Gasteiger partial charge is 0.351 e. The first-order chi connectivity index (χ1) is 30.3. The zero-order valence-electron chi connectivity index (χ0n) is 39.4. The average Bonchev–Trinajstić information content (AvgIpc) is 3.55. The highest BCUT2D eigenvalue weighted by Gasteiger charge is 2.53. The van der Waals surface area contributed by atoms with Crippen LogP contribution in [0.15, 0.2) is 95.9 Å². The first-order valence-electron chi connectivity index (χ1n) is 21.8. The lowest BCUT2D eigenvalue weighted by Crippen LogP contribution is -2.46. The number of nitrogens with zero attached hydrogens (tertiary/aromatic N) is 4. The molecule has 0 radical (unpaired) electrons. The van der Waals surface area contributed by atoms with E-state index < -0.39 is 50.0 Å². The van der Waals surface area contributed by atoms with Crippen LogP contribution in [-0.2, 0) is 33.7 Å². The molecule has 0 bridgehead atoms. The summed E-state index contributed by atoms with van der Waals surface area (Å²) < 4.78 is 50.1. The SMILES string of the molecule is COc1ccc(C(OC[C@H]2O[C@@H](n3ccc(NC(C)=O)nc3=O)C(OC(C)(C)CC(C)(C)C)C2OP(OCCC#N)N(C(C)C)C(C)C)(c2ccccc2)c2ccc(OC)cc2)cc1. The van der Waals surface area contributed by atoms with E-state index in [-0.39, 0.29) is 48.9 Å². The van der Waals surface area contributed by atoms with Gasteiger partial charge in [0.05, 0.1) is 45.5 Å². The quantitative estimate of drug-likeness (QED) is 0.0481. The number of anilines is 1. The monoisotopic (exact) mass is 899 g/mol. The van der Waals surface area contributed by atoms with Crippen LogP contribution in [0.25, 0.3) is 0 Å². The fourth-order valence-electron chi connectivity index (χ4n) is 8.54. The van der Waals surface area contributed by atoms with Gasteiger partial charge in [-0.1, -0.05) is 75.4 Å². The maximum Gasteiger partial charge on any atom is 0.351 e. The molecule has 1 aromatic heterocycles. The number of aromatic nitrogens is 2. The van der Waals surface area contributed by atoms with Crippen LogP contribution in [0.2, 0.25) is 0 Å². The third kappa shape index (κ3) is 12.5. The number of hydrogen-bond acceptors (Lipinski definition) is 12. The summed E-state index contributed by atoms with van der Waals surface area (Å²) in [6.45, 7) is 20.2. The Hall–Kier alpha value is -4.71. The van der Waals surface area contributed by atoms with E-state index in [9.17, 15) is 14.9 Å². The number of methoxy groups -OCH3 is 2. The van der Waals surface area contributed by atoms with Gasteiger partial charge in [-0.15, -0.1) is 0 Å². The van der Waals surface area contributed by atoms with Gasteiger partial charge in [0.2, 0.25) is 5.91 Å². The number of carbonyl (C=O) groups is 1. The molecule has 14 nitrogen and oxygen atoms in total. The van der Waals surface area contributed by atoms with Crippen LogP contribution < -0.4 is 20.5 Å². The van der Waals surface area contributed by atoms with Gasteiger partial charge in [-0.3, -0.25) is 9.36 Å². The van der Waals surface area contributed by atoms with Crippen molar-refractivity contribution in [1.29, 1.82) is 5.26 Å². The van der Waals surface area contributed by atoms with Crippen LogP contribution in [0.1, 0.15) is 105 Å². The highest BCUT2D eigenvalue weighted by atomic mass is 31.2. The average molecular weight is 900 g/mol. The lowest BCUT2D eigenvalue weighted by molar-refractivity contribution is -0.147. The van der Waals surface area contributed by atoms with Crippen LogP contribution in [0.4, 0.5) is 5.82 Å². The Morgan fingerprint density at radius 3 is 1.92 bits per heavy atom. The molecule has 4 aromatic rings. The Kier molecular flexibility index (Phi) is 17.3. The minimum absolute atomic E-state index is 0.0123. The molecule has 5 atom stereocenters. The Labute approximate surface area is 380 Å². The maximum atomic E-state index is 14.0. The zero-order chi connectivity index (χ0) is 46.8. The number of ether oxygens (including phenoxy) is 5. The van der Waals surface area contributed by atoms with E-state index in [0.717, 1.165) is 16.7 Å². The van der Waals surface area contributed by atoms with E-state index in [1.54, 1.807) is 26.5 Å². The van der Waals surface area contributed by atoms with Crippen molar-refractivity contribution in [2.45, 2.75) is 130 Å². The molecule has 5 rings (SSSR count). The zero-order valence-corrected chi connectivity index (χ0v) is 40.3. The Bertz CT molecular complexity index is 2150. The van der Waals surface area contributed by atoms with Gasteiger partial charge in [0.1, 0.15) is 41.2 Å². The highest BCUT2D eigenvalue weighted by Crippen LogP contribution is 2.52. The van der Waals surface area contributed by atoms with Gasteiger partial charge in [0.15, 0.2) is 6.23 Å². The molecular weight excluding hydrogens is 834 g/mol. The molecule has 2 heterocycles. The number of nitriles is 1. The standard InChI is InChI=1S/C49H66N5O9P/c1-33(2)54(34(3)4)64(60-30-16-28-50)63-43-41(61-45(44(43)62-48(9,10)32-47(6,7)8)53-29-27-42(51-35(5)55)52-46(53)56)31-59-49(36-17-14-13-15-18-36,37-19-23-39(57-11)24-20-37)38-21-25-40(58-12)26-22-38/h13-15,17-27,29,33-34,41,43-45H,16,30-32H2,1-12H3,(H,51,52,55,56)/t41-,43?,44?,45-,64?/m1/s1. The van der Waals surface area contributed by atoms with E-state index >= 15 is 0 Å². The predicted octanol–water partition coefficient (Wildman–Crippen LogP) is 9.39. The summed E-state index contributed by atoms with van der Waals surface area (Å²) in [5.74, 6) is 1.11. The molecule has 64 heavy (non-hydrogen) atoms. The summed E-state index contributed by atoms with van der Waals surface area (Å²) in [7, 11) is 1.40. The van der Waals surface area contributed by atoms with Crippen molar-refractivity contribution < 1.29 is 37.5 Å². The van der Waals surface area contributed by atoms with Gasteiger partial charge in [0.25, 0.3) is 8.53 Å². The number of benzene rings is 3. The first kappa shape index (κ1) is 50.3. The number of rotatable bonds is 21. The number of amides is 1. The second-order valence-electron chi connectivity index (χ2n) is 18.3. The lowest BCUT2D eigenvalue weighted by atomic mass is 9.80. The third-order valence-electron chi connectivity index (χ3n) is 10.6. The second-order valence-corrected chi connectivity index (χ2v) is 19.7. The van der Waals surface area contributed by atoms with E-state index in [2.05, 4.69) is 69.5 Å². The molecule has 3 aromatic carbocycles. The summed E-state index contributed by atoms with van der Waals surface area (Å²) in [5.41, 5.74) is -0.293. The van der Waals surface area contributed by atoms with E-state index in [0.29, 0.717) is 17.9 Å². The van der Waals surface area contributed by atoms with Gasteiger partial charge >= 0.3 is 5.69 Å². The molecule has 0 spiro atoms. The van der Waals surface area contributed by atoms with Crippen LogP contribution in [0, 0.1) is 16.7 Å². The highest BCUT2D eigenvalue weighted by molar-refractivity contribution is 7.44. The normalized spacial score (nSPS) is 18.6. The molecular formula is C49H66N5O9P. The molecule has 346 valence electrons. The van der Waals surface area contributed by atoms with Crippen LogP contribution in [-0.4, -0.2) is 83.6 Å². The molecule has 3 unspecified atom stereocenters. The molecule has 1 fully saturated rings. The first-order valence-corrected chi connectivity index (χ1v) is 22.9. The van der Waals surface area contributed by atoms with E-state index in [4.69, 9.17) is 32.7 Å².